The fourth-order valence-corrected chi connectivity index (χ4v) is 10.9. The topological polar surface area (TPSA) is 74.3 Å². The first kappa shape index (κ1) is 53.4. The number of likely N-dealkylation sites (tertiary alicyclic amines) is 1. The van der Waals surface area contributed by atoms with E-state index in [4.69, 9.17) is 18.9 Å². The zero-order valence-corrected chi connectivity index (χ0v) is 41.2. The van der Waals surface area contributed by atoms with Gasteiger partial charge in [0.25, 0.3) is 0 Å². The van der Waals surface area contributed by atoms with Crippen LogP contribution >= 0.6 is 0 Å². The minimum Gasteiger partial charge on any atom is -0.463 e. The van der Waals surface area contributed by atoms with Crippen molar-refractivity contribution >= 4 is 11.9 Å². The first-order chi connectivity index (χ1) is 30.4. The van der Waals surface area contributed by atoms with Gasteiger partial charge in [-0.1, -0.05) is 181 Å². The number of rotatable bonds is 41. The van der Waals surface area contributed by atoms with Gasteiger partial charge in [0.15, 0.2) is 0 Å². The molecule has 0 radical (unpaired) electrons. The largest absolute Gasteiger partial charge is 0.463 e. The van der Waals surface area contributed by atoms with Gasteiger partial charge in [-0.15, -0.1) is 0 Å². The van der Waals surface area contributed by atoms with E-state index in [1.165, 1.54) is 180 Å². The molecule has 0 N–H and O–H groups in total. The van der Waals surface area contributed by atoms with Crippen molar-refractivity contribution < 1.29 is 28.5 Å². The first-order valence-electron chi connectivity index (χ1n) is 27.7. The van der Waals surface area contributed by atoms with E-state index in [2.05, 4.69) is 25.8 Å². The highest BCUT2D eigenvalue weighted by Gasteiger charge is 2.36. The van der Waals surface area contributed by atoms with Crippen molar-refractivity contribution in [3.05, 3.63) is 0 Å². The van der Waals surface area contributed by atoms with Crippen LogP contribution in [-0.2, 0) is 28.5 Å². The van der Waals surface area contributed by atoms with Crippen LogP contribution in [0.3, 0.4) is 0 Å². The molecule has 4 rings (SSSR count). The van der Waals surface area contributed by atoms with Crippen molar-refractivity contribution in [3.8, 4) is 0 Å². The van der Waals surface area contributed by atoms with Gasteiger partial charge in [-0.05, 0) is 108 Å². The van der Waals surface area contributed by atoms with E-state index in [1.54, 1.807) is 0 Å². The maximum Gasteiger partial charge on any atom is 0.309 e. The van der Waals surface area contributed by atoms with E-state index >= 15 is 0 Å². The molecule has 0 spiro atoms. The van der Waals surface area contributed by atoms with Crippen LogP contribution in [0.4, 0.5) is 0 Å². The Balaban J connectivity index is 1.01. The van der Waals surface area contributed by atoms with E-state index in [-0.39, 0.29) is 42.6 Å². The lowest BCUT2D eigenvalue weighted by Crippen LogP contribution is -2.35. The third-order valence-corrected chi connectivity index (χ3v) is 15.4. The highest BCUT2D eigenvalue weighted by molar-refractivity contribution is 5.73. The number of esters is 2. The molecule has 62 heavy (non-hydrogen) atoms. The lowest BCUT2D eigenvalue weighted by atomic mass is 9.97. The molecule has 4 fully saturated rings. The molecule has 3 saturated carbocycles. The van der Waals surface area contributed by atoms with Crippen molar-refractivity contribution in [2.24, 2.45) is 35.5 Å². The van der Waals surface area contributed by atoms with Gasteiger partial charge in [0.2, 0.25) is 0 Å². The maximum atomic E-state index is 13.0. The fourth-order valence-electron chi connectivity index (χ4n) is 10.9. The lowest BCUT2D eigenvalue weighted by molar-refractivity contribution is -0.155. The van der Waals surface area contributed by atoms with Gasteiger partial charge in [0.1, 0.15) is 18.8 Å². The van der Waals surface area contributed by atoms with Gasteiger partial charge >= 0.3 is 11.9 Å². The van der Waals surface area contributed by atoms with Gasteiger partial charge in [-0.2, -0.15) is 0 Å². The van der Waals surface area contributed by atoms with E-state index < -0.39 is 0 Å². The van der Waals surface area contributed by atoms with Crippen LogP contribution < -0.4 is 0 Å². The van der Waals surface area contributed by atoms with Crippen molar-refractivity contribution in [1.29, 1.82) is 0 Å². The highest BCUT2D eigenvalue weighted by atomic mass is 16.6. The Hall–Kier alpha value is -1.18. The standard InChI is InChI=1S/C55H101NO6/c1-4-6-8-10-16-22-28-48-42-50(48)30-24-18-12-14-20-26-38-59-44-53(60-39-27-21-15-13-19-25-31-51-43-49(51)29-23-17-11-9-7-5-2)45-61-54(57)41-46-32-33-52(40-46)62-55(58)47-34-36-56(3)37-35-47/h46-53H,4-45H2,1-3H3. The molecule has 7 unspecified atom stereocenters. The molecule has 362 valence electrons. The predicted molar refractivity (Wildman–Crippen MR) is 257 cm³/mol. The monoisotopic (exact) mass is 872 g/mol. The Kier molecular flexibility index (Phi) is 29.5. The number of nitrogens with zero attached hydrogens (tertiary/aromatic N) is 1. The summed E-state index contributed by atoms with van der Waals surface area (Å²) in [6, 6.07) is 0. The molecule has 0 amide bonds. The zero-order valence-electron chi connectivity index (χ0n) is 41.2. The Bertz CT molecular complexity index is 1110. The van der Waals surface area contributed by atoms with E-state index in [0.717, 1.165) is 88.3 Å². The molecule has 3 aliphatic carbocycles. The third kappa shape index (κ3) is 25.5. The lowest BCUT2D eigenvalue weighted by Gasteiger charge is -2.28. The molecule has 4 aliphatic rings. The normalized spacial score (nSPS) is 24.4. The second-order valence-electron chi connectivity index (χ2n) is 21.2. The molecular formula is C55H101NO6. The van der Waals surface area contributed by atoms with Crippen molar-refractivity contribution in [3.63, 3.8) is 0 Å². The second-order valence-corrected chi connectivity index (χ2v) is 21.2. The van der Waals surface area contributed by atoms with Crippen LogP contribution in [0.25, 0.3) is 0 Å². The molecule has 0 aromatic rings. The van der Waals surface area contributed by atoms with E-state index in [9.17, 15) is 9.59 Å². The highest BCUT2D eigenvalue weighted by Crippen LogP contribution is 2.46. The average Bonchev–Trinajstić information content (AvgIpc) is 4.17. The summed E-state index contributed by atoms with van der Waals surface area (Å²) in [6.45, 7) is 8.68. The van der Waals surface area contributed by atoms with Crippen LogP contribution in [0.1, 0.15) is 245 Å². The molecule has 1 aliphatic heterocycles. The molecule has 1 saturated heterocycles. The number of carbonyl (C=O) groups excluding carboxylic acids is 2. The Labute approximate surface area is 383 Å². The van der Waals surface area contributed by atoms with Crippen molar-refractivity contribution in [1.82, 2.24) is 4.90 Å². The predicted octanol–water partition coefficient (Wildman–Crippen LogP) is 14.6. The SMILES string of the molecule is CCCCCCCCC1CC1CCCCCCCCOCC(COC(=O)CC1CCC(OC(=O)C2CCN(C)CC2)C1)OCCCCCCCCC1CC1CCCCCCCC. The number of unbranched alkanes of at least 4 members (excludes halogenated alkanes) is 20. The van der Waals surface area contributed by atoms with Crippen LogP contribution in [-0.4, -0.2) is 75.6 Å². The Morgan fingerprint density at radius 3 is 1.52 bits per heavy atom. The van der Waals surface area contributed by atoms with Gasteiger partial charge in [0, 0.05) is 19.6 Å². The van der Waals surface area contributed by atoms with Crippen molar-refractivity contribution in [2.75, 3.05) is 46.6 Å². The summed E-state index contributed by atoms with van der Waals surface area (Å²) in [5.41, 5.74) is 0. The fraction of sp³-hybridized carbons (Fsp3) is 0.964. The molecular weight excluding hydrogens is 771 g/mol. The molecule has 7 atom stereocenters. The number of hydrogen-bond acceptors (Lipinski definition) is 7. The van der Waals surface area contributed by atoms with Gasteiger partial charge in [-0.25, -0.2) is 0 Å². The Morgan fingerprint density at radius 2 is 1.00 bits per heavy atom. The summed E-state index contributed by atoms with van der Waals surface area (Å²) in [5.74, 6) is 4.22. The quantitative estimate of drug-likeness (QED) is 0.0447. The third-order valence-electron chi connectivity index (χ3n) is 15.4. The van der Waals surface area contributed by atoms with Crippen LogP contribution in [0, 0.1) is 35.5 Å². The van der Waals surface area contributed by atoms with Crippen molar-refractivity contribution in [2.45, 2.75) is 257 Å². The minimum absolute atomic E-state index is 0.0217. The van der Waals surface area contributed by atoms with E-state index in [1.807, 2.05) is 0 Å². The molecule has 7 nitrogen and oxygen atoms in total. The number of carbonyl (C=O) groups is 2. The molecule has 0 aromatic heterocycles. The summed E-state index contributed by atoms with van der Waals surface area (Å²) in [7, 11) is 2.11. The molecule has 0 aromatic carbocycles. The smallest absolute Gasteiger partial charge is 0.309 e. The summed E-state index contributed by atoms with van der Waals surface area (Å²) in [5, 5.41) is 0. The summed E-state index contributed by atoms with van der Waals surface area (Å²) < 4.78 is 24.2. The zero-order chi connectivity index (χ0) is 43.9. The Morgan fingerprint density at radius 1 is 0.532 bits per heavy atom. The summed E-state index contributed by atoms with van der Waals surface area (Å²) in [6.07, 6.45) is 45.8. The molecule has 1 heterocycles. The number of ether oxygens (including phenoxy) is 4. The van der Waals surface area contributed by atoms with E-state index in [0.29, 0.717) is 19.6 Å². The van der Waals surface area contributed by atoms with Crippen LogP contribution in [0.2, 0.25) is 0 Å². The summed E-state index contributed by atoms with van der Waals surface area (Å²) >= 11 is 0. The van der Waals surface area contributed by atoms with Gasteiger partial charge in [0.05, 0.1) is 12.5 Å². The number of hydrogen-bond donors (Lipinski definition) is 0. The molecule has 7 heteroatoms. The van der Waals surface area contributed by atoms with Crippen LogP contribution in [0.5, 0.6) is 0 Å². The maximum absolute atomic E-state index is 13.0. The second kappa shape index (κ2) is 34.2. The first-order valence-corrected chi connectivity index (χ1v) is 27.7. The number of piperidine rings is 1. The molecule has 0 bridgehead atoms. The average molecular weight is 872 g/mol. The summed E-state index contributed by atoms with van der Waals surface area (Å²) in [4.78, 5) is 28.0. The minimum atomic E-state index is -0.221. The van der Waals surface area contributed by atoms with Gasteiger partial charge in [-0.3, -0.25) is 9.59 Å². The van der Waals surface area contributed by atoms with Crippen LogP contribution in [0.15, 0.2) is 0 Å². The van der Waals surface area contributed by atoms with Gasteiger partial charge < -0.3 is 23.8 Å².